The summed E-state index contributed by atoms with van der Waals surface area (Å²) in [5.74, 6) is -1.88. The minimum Gasteiger partial charge on any atom is -0.493 e. The Labute approximate surface area is 291 Å². The van der Waals surface area contributed by atoms with Crippen molar-refractivity contribution in [1.29, 1.82) is 0 Å². The van der Waals surface area contributed by atoms with Gasteiger partial charge in [0, 0.05) is 6.07 Å². The van der Waals surface area contributed by atoms with Crippen molar-refractivity contribution in [2.75, 3.05) is 6.61 Å². The van der Waals surface area contributed by atoms with Gasteiger partial charge in [0.2, 0.25) is 0 Å². The summed E-state index contributed by atoms with van der Waals surface area (Å²) in [5, 5.41) is 0. The van der Waals surface area contributed by atoms with Crippen LogP contribution in [0.25, 0.3) is 0 Å². The molecule has 0 amide bonds. The van der Waals surface area contributed by atoms with Gasteiger partial charge in [-0.2, -0.15) is 0 Å². The van der Waals surface area contributed by atoms with Crippen LogP contribution in [0.5, 0.6) is 17.2 Å². The fraction of sp³-hybridized carbons (Fsp3) is 0.488. The molecule has 0 fully saturated rings. The van der Waals surface area contributed by atoms with Crippen molar-refractivity contribution in [3.05, 3.63) is 89.2 Å². The highest BCUT2D eigenvalue weighted by Crippen LogP contribution is 2.22. The SMILES string of the molecule is CCCCCCCCCCCCOc1ccc(C(=O)Oc2ccc(C(=O)Oc3ccc(C(=O)OC(C)CCCCCC)cc3)cc2)c(F)c1. The van der Waals surface area contributed by atoms with Crippen LogP contribution in [0.4, 0.5) is 4.39 Å². The molecule has 0 aliphatic heterocycles. The van der Waals surface area contributed by atoms with Gasteiger partial charge in [0.15, 0.2) is 0 Å². The van der Waals surface area contributed by atoms with E-state index in [9.17, 15) is 18.8 Å². The van der Waals surface area contributed by atoms with E-state index in [1.54, 1.807) is 18.2 Å². The predicted octanol–water partition coefficient (Wildman–Crippen LogP) is 11.1. The van der Waals surface area contributed by atoms with Gasteiger partial charge in [0.05, 0.1) is 29.4 Å². The minimum atomic E-state index is -0.862. The molecule has 7 nitrogen and oxygen atoms in total. The Bertz CT molecular complexity index is 1420. The quantitative estimate of drug-likeness (QED) is 0.0561. The number of hydrogen-bond donors (Lipinski definition) is 0. The van der Waals surface area contributed by atoms with Gasteiger partial charge in [-0.05, 0) is 86.8 Å². The molecule has 0 saturated heterocycles. The summed E-state index contributed by atoms with van der Waals surface area (Å²) in [6, 6.07) is 16.0. The van der Waals surface area contributed by atoms with Crippen LogP contribution in [0, 0.1) is 5.82 Å². The molecule has 0 radical (unpaired) electrons. The number of halogens is 1. The van der Waals surface area contributed by atoms with E-state index in [0.717, 1.165) is 38.5 Å². The van der Waals surface area contributed by atoms with Crippen molar-refractivity contribution < 1.29 is 37.7 Å². The van der Waals surface area contributed by atoms with Gasteiger partial charge in [0.1, 0.15) is 23.1 Å². The number of rotatable bonds is 23. The van der Waals surface area contributed by atoms with E-state index in [-0.39, 0.29) is 28.7 Å². The summed E-state index contributed by atoms with van der Waals surface area (Å²) in [5.41, 5.74) is 0.369. The van der Waals surface area contributed by atoms with Crippen LogP contribution in [0.1, 0.15) is 148 Å². The summed E-state index contributed by atoms with van der Waals surface area (Å²) in [7, 11) is 0. The Balaban J connectivity index is 1.39. The second-order valence-corrected chi connectivity index (χ2v) is 12.6. The molecule has 0 aromatic heterocycles. The number of ether oxygens (including phenoxy) is 4. The molecule has 1 atom stereocenters. The lowest BCUT2D eigenvalue weighted by molar-refractivity contribution is 0.0319. The molecule has 0 heterocycles. The van der Waals surface area contributed by atoms with E-state index < -0.39 is 23.7 Å². The van der Waals surface area contributed by atoms with Gasteiger partial charge in [-0.1, -0.05) is 90.9 Å². The maximum Gasteiger partial charge on any atom is 0.346 e. The normalized spacial score (nSPS) is 11.5. The Kier molecular flexibility index (Phi) is 18.0. The number of hydrogen-bond acceptors (Lipinski definition) is 7. The van der Waals surface area contributed by atoms with E-state index in [1.165, 1.54) is 106 Å². The summed E-state index contributed by atoms with van der Waals surface area (Å²) in [4.78, 5) is 37.8. The molecule has 0 aliphatic carbocycles. The highest BCUT2D eigenvalue weighted by Gasteiger charge is 2.17. The van der Waals surface area contributed by atoms with Crippen molar-refractivity contribution >= 4 is 17.9 Å². The second-order valence-electron chi connectivity index (χ2n) is 12.6. The van der Waals surface area contributed by atoms with Crippen LogP contribution in [0.3, 0.4) is 0 Å². The van der Waals surface area contributed by atoms with Gasteiger partial charge in [-0.25, -0.2) is 18.8 Å². The van der Waals surface area contributed by atoms with Gasteiger partial charge >= 0.3 is 17.9 Å². The fourth-order valence-electron chi connectivity index (χ4n) is 5.35. The number of benzene rings is 3. The van der Waals surface area contributed by atoms with Gasteiger partial charge in [-0.15, -0.1) is 0 Å². The molecule has 0 saturated carbocycles. The molecular formula is C41H53FO7. The van der Waals surface area contributed by atoms with Crippen LogP contribution in [0.15, 0.2) is 66.7 Å². The third kappa shape index (κ3) is 14.8. The number of carbonyl (C=O) groups is 3. The summed E-state index contributed by atoms with van der Waals surface area (Å²) in [6.07, 6.45) is 17.3. The fourth-order valence-corrected chi connectivity index (χ4v) is 5.35. The van der Waals surface area contributed by atoms with Gasteiger partial charge < -0.3 is 18.9 Å². The maximum absolute atomic E-state index is 14.7. The van der Waals surface area contributed by atoms with Gasteiger partial charge in [-0.3, -0.25) is 0 Å². The molecule has 3 aromatic carbocycles. The van der Waals surface area contributed by atoms with Crippen LogP contribution in [0.2, 0.25) is 0 Å². The standard InChI is InChI=1S/C41H53FO7/c1-4-6-8-10-11-12-13-14-15-17-29-46-36-27-28-37(38(42)30-36)41(45)49-35-25-21-33(22-26-35)40(44)48-34-23-19-32(20-24-34)39(43)47-31(3)18-16-9-7-5-2/h19-28,30-31H,4-18,29H2,1-3H3. The molecular weight excluding hydrogens is 623 g/mol. The predicted molar refractivity (Wildman–Crippen MR) is 190 cm³/mol. The molecule has 266 valence electrons. The maximum atomic E-state index is 14.7. The monoisotopic (exact) mass is 676 g/mol. The summed E-state index contributed by atoms with van der Waals surface area (Å²) < 4.78 is 36.7. The number of unbranched alkanes of at least 4 members (excludes halogenated alkanes) is 12. The first-order valence-corrected chi connectivity index (χ1v) is 18.1. The molecule has 49 heavy (non-hydrogen) atoms. The van der Waals surface area contributed by atoms with Crippen LogP contribution in [-0.4, -0.2) is 30.6 Å². The third-order valence-electron chi connectivity index (χ3n) is 8.30. The van der Waals surface area contributed by atoms with E-state index in [4.69, 9.17) is 18.9 Å². The largest absolute Gasteiger partial charge is 0.493 e. The summed E-state index contributed by atoms with van der Waals surface area (Å²) in [6.45, 7) is 6.76. The smallest absolute Gasteiger partial charge is 0.346 e. The van der Waals surface area contributed by atoms with E-state index in [2.05, 4.69) is 13.8 Å². The molecule has 0 spiro atoms. The Hall–Kier alpha value is -4.20. The lowest BCUT2D eigenvalue weighted by Gasteiger charge is -2.13. The van der Waals surface area contributed by atoms with Crippen molar-refractivity contribution in [2.45, 2.75) is 123 Å². The van der Waals surface area contributed by atoms with Crippen LogP contribution in [-0.2, 0) is 4.74 Å². The average molecular weight is 677 g/mol. The number of esters is 3. The molecule has 0 N–H and O–H groups in total. The molecule has 0 aliphatic rings. The van der Waals surface area contributed by atoms with E-state index in [0.29, 0.717) is 17.9 Å². The zero-order chi connectivity index (χ0) is 35.3. The first kappa shape index (κ1) is 39.2. The second kappa shape index (κ2) is 22.4. The zero-order valence-electron chi connectivity index (χ0n) is 29.5. The lowest BCUT2D eigenvalue weighted by Crippen LogP contribution is -2.15. The zero-order valence-corrected chi connectivity index (χ0v) is 29.5. The van der Waals surface area contributed by atoms with Crippen LogP contribution < -0.4 is 14.2 Å². The molecule has 0 bridgehead atoms. The van der Waals surface area contributed by atoms with E-state index >= 15 is 0 Å². The van der Waals surface area contributed by atoms with E-state index in [1.807, 2.05) is 6.92 Å². The van der Waals surface area contributed by atoms with Crippen molar-refractivity contribution in [2.24, 2.45) is 0 Å². The molecule has 1 unspecified atom stereocenters. The Morgan fingerprint density at radius 2 is 1.04 bits per heavy atom. The third-order valence-corrected chi connectivity index (χ3v) is 8.30. The molecule has 3 aromatic rings. The van der Waals surface area contributed by atoms with Crippen molar-refractivity contribution in [1.82, 2.24) is 0 Å². The Morgan fingerprint density at radius 3 is 1.59 bits per heavy atom. The minimum absolute atomic E-state index is 0.143. The highest BCUT2D eigenvalue weighted by molar-refractivity contribution is 5.93. The Morgan fingerprint density at radius 1 is 0.571 bits per heavy atom. The molecule has 3 rings (SSSR count). The summed E-state index contributed by atoms with van der Waals surface area (Å²) >= 11 is 0. The van der Waals surface area contributed by atoms with Crippen molar-refractivity contribution in [3.63, 3.8) is 0 Å². The first-order valence-electron chi connectivity index (χ1n) is 18.1. The highest BCUT2D eigenvalue weighted by atomic mass is 19.1. The van der Waals surface area contributed by atoms with Gasteiger partial charge in [0.25, 0.3) is 0 Å². The topological polar surface area (TPSA) is 88.1 Å². The first-order chi connectivity index (χ1) is 23.8. The van der Waals surface area contributed by atoms with Crippen LogP contribution >= 0.6 is 0 Å². The van der Waals surface area contributed by atoms with Crippen molar-refractivity contribution in [3.8, 4) is 17.2 Å². The average Bonchev–Trinajstić information content (AvgIpc) is 3.09. The number of carbonyl (C=O) groups excluding carboxylic acids is 3. The lowest BCUT2D eigenvalue weighted by atomic mass is 10.1. The molecule has 8 heteroatoms.